The second-order valence-electron chi connectivity index (χ2n) is 5.98. The topological polar surface area (TPSA) is 65.1 Å². The third kappa shape index (κ3) is 3.71. The molecule has 1 aliphatic heterocycles. The number of carbonyl (C=O) groups excluding carboxylic acids is 2. The fraction of sp³-hybridized carbons (Fsp3) is 0.238. The standard InChI is InChI=1S/C21H21NO5/c1-14(23)22-17-7-5-4-6-16(17)21(24)18(22)12-15-8-9-19(20(13-15)26-3)27-11-10-25-2/h4-9,12-13H,10-11H2,1-3H3/b18-12-. The number of hydrogen-bond acceptors (Lipinski definition) is 5. The van der Waals surface area contributed by atoms with E-state index >= 15 is 0 Å². The number of Topliss-reactive ketones (excluding diaryl/α,β-unsaturated/α-hetero) is 1. The monoisotopic (exact) mass is 367 g/mol. The maximum Gasteiger partial charge on any atom is 0.228 e. The highest BCUT2D eigenvalue weighted by atomic mass is 16.5. The average Bonchev–Trinajstić information content (AvgIpc) is 2.95. The Hall–Kier alpha value is -3.12. The maximum absolute atomic E-state index is 12.8. The Bertz CT molecular complexity index is 903. The number of anilines is 1. The first kappa shape index (κ1) is 18.7. The third-order valence-electron chi connectivity index (χ3n) is 4.21. The fourth-order valence-electron chi connectivity index (χ4n) is 2.99. The Morgan fingerprint density at radius 3 is 2.56 bits per heavy atom. The summed E-state index contributed by atoms with van der Waals surface area (Å²) in [4.78, 5) is 26.4. The molecule has 27 heavy (non-hydrogen) atoms. The van der Waals surface area contributed by atoms with Gasteiger partial charge in [-0.1, -0.05) is 18.2 Å². The van der Waals surface area contributed by atoms with Gasteiger partial charge < -0.3 is 14.2 Å². The lowest BCUT2D eigenvalue weighted by Crippen LogP contribution is -2.25. The van der Waals surface area contributed by atoms with Crippen molar-refractivity contribution in [2.45, 2.75) is 6.92 Å². The van der Waals surface area contributed by atoms with E-state index in [1.807, 2.05) is 6.07 Å². The molecule has 0 fully saturated rings. The van der Waals surface area contributed by atoms with Crippen molar-refractivity contribution in [3.63, 3.8) is 0 Å². The van der Waals surface area contributed by atoms with Crippen LogP contribution in [0.4, 0.5) is 5.69 Å². The molecule has 0 bridgehead atoms. The van der Waals surface area contributed by atoms with Crippen molar-refractivity contribution in [2.24, 2.45) is 0 Å². The van der Waals surface area contributed by atoms with Gasteiger partial charge in [-0.05, 0) is 35.9 Å². The van der Waals surface area contributed by atoms with Crippen LogP contribution in [0.5, 0.6) is 11.5 Å². The molecular weight excluding hydrogens is 346 g/mol. The van der Waals surface area contributed by atoms with E-state index < -0.39 is 0 Å². The van der Waals surface area contributed by atoms with Gasteiger partial charge in [0.15, 0.2) is 11.5 Å². The van der Waals surface area contributed by atoms with Gasteiger partial charge in [-0.3, -0.25) is 14.5 Å². The molecule has 0 aliphatic carbocycles. The van der Waals surface area contributed by atoms with Crippen LogP contribution >= 0.6 is 0 Å². The van der Waals surface area contributed by atoms with Gasteiger partial charge in [0.05, 0.1) is 25.1 Å². The molecule has 3 rings (SSSR count). The van der Waals surface area contributed by atoms with E-state index in [-0.39, 0.29) is 11.7 Å². The summed E-state index contributed by atoms with van der Waals surface area (Å²) in [5, 5.41) is 0. The first-order valence-corrected chi connectivity index (χ1v) is 8.52. The van der Waals surface area contributed by atoms with Crippen LogP contribution in [0.2, 0.25) is 0 Å². The fourth-order valence-corrected chi connectivity index (χ4v) is 2.99. The van der Waals surface area contributed by atoms with E-state index in [1.165, 1.54) is 11.8 Å². The van der Waals surface area contributed by atoms with Gasteiger partial charge in [-0.15, -0.1) is 0 Å². The van der Waals surface area contributed by atoms with E-state index in [0.29, 0.717) is 41.7 Å². The number of allylic oxidation sites excluding steroid dienone is 1. The van der Waals surface area contributed by atoms with Crippen molar-refractivity contribution in [3.05, 3.63) is 59.3 Å². The van der Waals surface area contributed by atoms with Crippen molar-refractivity contribution in [2.75, 3.05) is 32.3 Å². The first-order chi connectivity index (χ1) is 13.1. The molecule has 6 heteroatoms. The van der Waals surface area contributed by atoms with Crippen LogP contribution in [-0.4, -0.2) is 39.1 Å². The summed E-state index contributed by atoms with van der Waals surface area (Å²) in [6.45, 7) is 2.31. The number of fused-ring (bicyclic) bond motifs is 1. The van der Waals surface area contributed by atoms with Crippen molar-refractivity contribution >= 4 is 23.5 Å². The van der Waals surface area contributed by atoms with Crippen molar-refractivity contribution in [1.29, 1.82) is 0 Å². The van der Waals surface area contributed by atoms with Crippen molar-refractivity contribution in [1.82, 2.24) is 0 Å². The van der Waals surface area contributed by atoms with Gasteiger partial charge in [0, 0.05) is 19.6 Å². The van der Waals surface area contributed by atoms with Gasteiger partial charge in [-0.25, -0.2) is 0 Å². The molecule has 0 saturated carbocycles. The van der Waals surface area contributed by atoms with E-state index in [2.05, 4.69) is 0 Å². The Labute approximate surface area is 158 Å². The molecule has 0 N–H and O–H groups in total. The highest BCUT2D eigenvalue weighted by molar-refractivity contribution is 6.26. The van der Waals surface area contributed by atoms with Crippen LogP contribution in [0.15, 0.2) is 48.2 Å². The van der Waals surface area contributed by atoms with Crippen LogP contribution in [0, 0.1) is 0 Å². The number of carbonyl (C=O) groups is 2. The lowest BCUT2D eigenvalue weighted by Gasteiger charge is -2.16. The zero-order valence-corrected chi connectivity index (χ0v) is 15.5. The maximum atomic E-state index is 12.8. The average molecular weight is 367 g/mol. The van der Waals surface area contributed by atoms with Crippen LogP contribution in [0.25, 0.3) is 6.08 Å². The van der Waals surface area contributed by atoms with Gasteiger partial charge in [0.25, 0.3) is 0 Å². The minimum Gasteiger partial charge on any atom is -0.493 e. The van der Waals surface area contributed by atoms with E-state index in [0.717, 1.165) is 5.56 Å². The highest BCUT2D eigenvalue weighted by Crippen LogP contribution is 2.36. The Kier molecular flexibility index (Phi) is 5.57. The zero-order chi connectivity index (χ0) is 19.4. The summed E-state index contributed by atoms with van der Waals surface area (Å²) in [5.74, 6) is 0.727. The number of methoxy groups -OCH3 is 2. The van der Waals surface area contributed by atoms with Crippen LogP contribution < -0.4 is 14.4 Å². The van der Waals surface area contributed by atoms with Crippen LogP contribution in [0.1, 0.15) is 22.8 Å². The number of amides is 1. The molecule has 1 heterocycles. The summed E-state index contributed by atoms with van der Waals surface area (Å²) < 4.78 is 16.0. The predicted octanol–water partition coefficient (Wildman–Crippen LogP) is 3.31. The largest absolute Gasteiger partial charge is 0.493 e. The van der Waals surface area contributed by atoms with E-state index in [4.69, 9.17) is 14.2 Å². The van der Waals surface area contributed by atoms with Gasteiger partial charge >= 0.3 is 0 Å². The molecule has 1 aliphatic rings. The molecule has 0 atom stereocenters. The summed E-state index contributed by atoms with van der Waals surface area (Å²) in [6.07, 6.45) is 1.69. The first-order valence-electron chi connectivity index (χ1n) is 8.52. The number of nitrogens with zero attached hydrogens (tertiary/aromatic N) is 1. The molecule has 0 aromatic heterocycles. The molecule has 1 amide bonds. The molecular formula is C21H21NO5. The van der Waals surface area contributed by atoms with Crippen LogP contribution in [0.3, 0.4) is 0 Å². The molecule has 6 nitrogen and oxygen atoms in total. The van der Waals surface area contributed by atoms with E-state index in [9.17, 15) is 9.59 Å². The zero-order valence-electron chi connectivity index (χ0n) is 15.5. The quantitative estimate of drug-likeness (QED) is 0.579. The summed E-state index contributed by atoms with van der Waals surface area (Å²) in [6, 6.07) is 12.4. The smallest absolute Gasteiger partial charge is 0.228 e. The lowest BCUT2D eigenvalue weighted by atomic mass is 10.1. The SMILES string of the molecule is COCCOc1ccc(/C=C2/C(=O)c3ccccc3N2C(C)=O)cc1OC. The number of benzene rings is 2. The Balaban J connectivity index is 1.96. The summed E-state index contributed by atoms with van der Waals surface area (Å²) in [5.41, 5.74) is 2.17. The minimum absolute atomic E-state index is 0.180. The number of ketones is 1. The van der Waals surface area contributed by atoms with Crippen molar-refractivity contribution in [3.8, 4) is 11.5 Å². The Morgan fingerprint density at radius 1 is 1.07 bits per heavy atom. The van der Waals surface area contributed by atoms with Crippen molar-refractivity contribution < 1.29 is 23.8 Å². The second-order valence-corrected chi connectivity index (χ2v) is 5.98. The molecule has 0 radical (unpaired) electrons. The Morgan fingerprint density at radius 2 is 1.85 bits per heavy atom. The van der Waals surface area contributed by atoms with Gasteiger partial charge in [-0.2, -0.15) is 0 Å². The highest BCUT2D eigenvalue weighted by Gasteiger charge is 2.34. The predicted molar refractivity (Wildman–Crippen MR) is 102 cm³/mol. The van der Waals surface area contributed by atoms with E-state index in [1.54, 1.807) is 56.7 Å². The molecule has 140 valence electrons. The summed E-state index contributed by atoms with van der Waals surface area (Å²) in [7, 11) is 3.15. The minimum atomic E-state index is -0.217. The summed E-state index contributed by atoms with van der Waals surface area (Å²) >= 11 is 0. The van der Waals surface area contributed by atoms with Crippen LogP contribution in [-0.2, 0) is 9.53 Å². The second kappa shape index (κ2) is 8.05. The number of rotatable bonds is 6. The van der Waals surface area contributed by atoms with Gasteiger partial charge in [0.1, 0.15) is 6.61 Å². The molecule has 2 aromatic carbocycles. The normalized spacial score (nSPS) is 14.4. The molecule has 0 saturated heterocycles. The lowest BCUT2D eigenvalue weighted by molar-refractivity contribution is -0.116. The third-order valence-corrected chi connectivity index (χ3v) is 4.21. The number of hydrogen-bond donors (Lipinski definition) is 0. The number of ether oxygens (including phenoxy) is 3. The number of para-hydroxylation sites is 1. The molecule has 0 spiro atoms. The molecule has 0 unspecified atom stereocenters. The van der Waals surface area contributed by atoms with Gasteiger partial charge in [0.2, 0.25) is 11.7 Å². The molecule has 2 aromatic rings.